The molecule has 1 aliphatic carbocycles. The summed E-state index contributed by atoms with van der Waals surface area (Å²) < 4.78 is 0. The Morgan fingerprint density at radius 2 is 1.82 bits per heavy atom. The van der Waals surface area contributed by atoms with Crippen LogP contribution in [0.15, 0.2) is 11.6 Å². The van der Waals surface area contributed by atoms with Crippen molar-refractivity contribution in [2.75, 3.05) is 0 Å². The van der Waals surface area contributed by atoms with Crippen molar-refractivity contribution in [1.29, 1.82) is 0 Å². The minimum Gasteiger partial charge on any atom is -0.298 e. The van der Waals surface area contributed by atoms with E-state index in [0.717, 1.165) is 5.57 Å². The Balaban J connectivity index is 3.01. The van der Waals surface area contributed by atoms with Crippen LogP contribution >= 0.6 is 0 Å². The molecule has 11 heavy (non-hydrogen) atoms. The van der Waals surface area contributed by atoms with E-state index in [0.29, 0.717) is 0 Å². The van der Waals surface area contributed by atoms with Gasteiger partial charge in [0.05, 0.1) is 5.92 Å². The van der Waals surface area contributed by atoms with Crippen LogP contribution < -0.4 is 0 Å². The van der Waals surface area contributed by atoms with Crippen LogP contribution in [0.2, 0.25) is 0 Å². The molecule has 0 aliphatic heterocycles. The Labute approximate surface area is 66.3 Å². The number of Topliss-reactive ketones (excluding diaryl/α,β-unsaturated/α-hetero) is 2. The molecule has 0 saturated heterocycles. The van der Waals surface area contributed by atoms with Crippen LogP contribution in [0.4, 0.5) is 0 Å². The van der Waals surface area contributed by atoms with Crippen molar-refractivity contribution in [2.45, 2.75) is 20.8 Å². The number of carbonyl (C=O) groups is 2. The number of carbonyl (C=O) groups excluding carboxylic acids is 2. The predicted molar refractivity (Wildman–Crippen MR) is 42.1 cm³/mol. The summed E-state index contributed by atoms with van der Waals surface area (Å²) >= 11 is 0. The molecule has 1 rings (SSSR count). The summed E-state index contributed by atoms with van der Waals surface area (Å²) in [6.07, 6.45) is 1.74. The maximum Gasteiger partial charge on any atom is 0.168 e. The minimum absolute atomic E-state index is 0.0203. The third kappa shape index (κ3) is 1.25. The van der Waals surface area contributed by atoms with E-state index in [-0.39, 0.29) is 17.5 Å². The summed E-state index contributed by atoms with van der Waals surface area (Å²) in [5.74, 6) is -0.480. The second-order valence-electron chi connectivity index (χ2n) is 3.13. The third-order valence-electron chi connectivity index (χ3n) is 2.16. The van der Waals surface area contributed by atoms with Crippen molar-refractivity contribution >= 4 is 11.6 Å². The molecule has 0 radical (unpaired) electrons. The maximum absolute atomic E-state index is 11.2. The average molecular weight is 152 g/mol. The number of hydrogen-bond acceptors (Lipinski definition) is 2. The summed E-state index contributed by atoms with van der Waals surface area (Å²) in [5.41, 5.74) is 0.726. The second-order valence-corrected chi connectivity index (χ2v) is 3.13. The zero-order chi connectivity index (χ0) is 8.59. The molecule has 0 aromatic rings. The molecule has 0 heterocycles. The Morgan fingerprint density at radius 1 is 1.27 bits per heavy atom. The lowest BCUT2D eigenvalue weighted by atomic mass is 9.83. The van der Waals surface area contributed by atoms with Crippen molar-refractivity contribution < 1.29 is 9.59 Å². The maximum atomic E-state index is 11.2. The van der Waals surface area contributed by atoms with E-state index in [1.165, 1.54) is 0 Å². The van der Waals surface area contributed by atoms with Crippen molar-refractivity contribution in [2.24, 2.45) is 11.8 Å². The van der Waals surface area contributed by atoms with Crippen molar-refractivity contribution in [1.82, 2.24) is 0 Å². The molecular formula is C9H12O2. The van der Waals surface area contributed by atoms with E-state index in [4.69, 9.17) is 0 Å². The fourth-order valence-electron chi connectivity index (χ4n) is 1.40. The molecule has 0 N–H and O–H groups in total. The molecule has 0 aromatic heterocycles. The van der Waals surface area contributed by atoms with Gasteiger partial charge in [-0.25, -0.2) is 0 Å². The second kappa shape index (κ2) is 2.61. The highest BCUT2D eigenvalue weighted by atomic mass is 16.2. The Hall–Kier alpha value is -0.920. The first-order chi connectivity index (χ1) is 5.04. The van der Waals surface area contributed by atoms with Gasteiger partial charge in [-0.2, -0.15) is 0 Å². The molecule has 0 aromatic carbocycles. The fraction of sp³-hybridized carbons (Fsp3) is 0.556. The summed E-state index contributed by atoms with van der Waals surface area (Å²) in [6, 6.07) is 0. The molecule has 2 heteroatoms. The van der Waals surface area contributed by atoms with E-state index in [1.807, 2.05) is 6.92 Å². The highest BCUT2D eigenvalue weighted by Crippen LogP contribution is 2.20. The summed E-state index contributed by atoms with van der Waals surface area (Å²) in [6.45, 7) is 5.27. The topological polar surface area (TPSA) is 34.1 Å². The van der Waals surface area contributed by atoms with Crippen LogP contribution in [0.5, 0.6) is 0 Å². The molecule has 0 spiro atoms. The number of ketones is 2. The molecule has 0 fully saturated rings. The molecule has 2 nitrogen and oxygen atoms in total. The fourth-order valence-corrected chi connectivity index (χ4v) is 1.40. The first-order valence-electron chi connectivity index (χ1n) is 3.80. The van der Waals surface area contributed by atoms with Crippen LogP contribution in [0, 0.1) is 11.8 Å². The van der Waals surface area contributed by atoms with Gasteiger partial charge >= 0.3 is 0 Å². The zero-order valence-corrected chi connectivity index (χ0v) is 7.05. The van der Waals surface area contributed by atoms with Gasteiger partial charge in [0.1, 0.15) is 5.78 Å². The monoisotopic (exact) mass is 152 g/mol. The average Bonchev–Trinajstić information content (AvgIpc) is 1.97. The highest BCUT2D eigenvalue weighted by Gasteiger charge is 2.30. The highest BCUT2D eigenvalue weighted by molar-refractivity contribution is 6.13. The molecule has 0 saturated carbocycles. The standard InChI is InChI=1S/C9H12O2/c1-5-4-6(2)9(11)7(3)8(5)10/h4-5,7H,1-3H3. The minimum atomic E-state index is -0.421. The van der Waals surface area contributed by atoms with E-state index >= 15 is 0 Å². The molecule has 0 amide bonds. The Morgan fingerprint density at radius 3 is 2.36 bits per heavy atom. The summed E-state index contributed by atoms with van der Waals surface area (Å²) in [4.78, 5) is 22.4. The van der Waals surface area contributed by atoms with Gasteiger partial charge in [0, 0.05) is 5.92 Å². The van der Waals surface area contributed by atoms with E-state index in [1.54, 1.807) is 19.9 Å². The molecule has 2 atom stereocenters. The normalized spacial score (nSPS) is 32.1. The van der Waals surface area contributed by atoms with E-state index < -0.39 is 5.92 Å². The van der Waals surface area contributed by atoms with Gasteiger partial charge in [0.25, 0.3) is 0 Å². The largest absolute Gasteiger partial charge is 0.298 e. The SMILES string of the molecule is CC1=CC(C)C(=O)C(C)C1=O. The van der Waals surface area contributed by atoms with Gasteiger partial charge < -0.3 is 0 Å². The van der Waals surface area contributed by atoms with Gasteiger partial charge in [0.2, 0.25) is 0 Å². The lowest BCUT2D eigenvalue weighted by Crippen LogP contribution is -2.30. The first kappa shape index (κ1) is 8.18. The van der Waals surface area contributed by atoms with Crippen LogP contribution in [0.3, 0.4) is 0 Å². The third-order valence-corrected chi connectivity index (χ3v) is 2.16. The first-order valence-corrected chi connectivity index (χ1v) is 3.80. The lowest BCUT2D eigenvalue weighted by Gasteiger charge is -2.18. The van der Waals surface area contributed by atoms with Crippen LogP contribution in [0.1, 0.15) is 20.8 Å². The molecule has 2 unspecified atom stereocenters. The van der Waals surface area contributed by atoms with Crippen LogP contribution in [-0.4, -0.2) is 11.6 Å². The Bertz CT molecular complexity index is 238. The van der Waals surface area contributed by atoms with Crippen LogP contribution in [-0.2, 0) is 9.59 Å². The van der Waals surface area contributed by atoms with Crippen LogP contribution in [0.25, 0.3) is 0 Å². The number of allylic oxidation sites excluding steroid dienone is 2. The molecule has 0 bridgehead atoms. The van der Waals surface area contributed by atoms with Gasteiger partial charge in [-0.1, -0.05) is 13.0 Å². The zero-order valence-electron chi connectivity index (χ0n) is 7.05. The van der Waals surface area contributed by atoms with Crippen molar-refractivity contribution in [3.8, 4) is 0 Å². The number of hydrogen-bond donors (Lipinski definition) is 0. The predicted octanol–water partition coefficient (Wildman–Crippen LogP) is 1.36. The van der Waals surface area contributed by atoms with Crippen molar-refractivity contribution in [3.63, 3.8) is 0 Å². The van der Waals surface area contributed by atoms with E-state index in [2.05, 4.69) is 0 Å². The molecular weight excluding hydrogens is 140 g/mol. The molecule has 1 aliphatic rings. The van der Waals surface area contributed by atoms with Gasteiger partial charge in [0.15, 0.2) is 5.78 Å². The van der Waals surface area contributed by atoms with Crippen molar-refractivity contribution in [3.05, 3.63) is 11.6 Å². The van der Waals surface area contributed by atoms with Gasteiger partial charge in [-0.3, -0.25) is 9.59 Å². The number of rotatable bonds is 0. The summed E-state index contributed by atoms with van der Waals surface area (Å²) in [7, 11) is 0. The quantitative estimate of drug-likeness (QED) is 0.491. The van der Waals surface area contributed by atoms with Gasteiger partial charge in [-0.15, -0.1) is 0 Å². The smallest absolute Gasteiger partial charge is 0.168 e. The summed E-state index contributed by atoms with van der Waals surface area (Å²) in [5, 5.41) is 0. The molecule has 60 valence electrons. The van der Waals surface area contributed by atoms with E-state index in [9.17, 15) is 9.59 Å². The Kier molecular flexibility index (Phi) is 1.94. The lowest BCUT2D eigenvalue weighted by molar-refractivity contribution is -0.132. The van der Waals surface area contributed by atoms with Gasteiger partial charge in [-0.05, 0) is 19.4 Å².